The molecule has 7 nitrogen and oxygen atoms in total. The largest absolute Gasteiger partial charge is 0.364 e. The Hall–Kier alpha value is -3.22. The second-order valence-electron chi connectivity index (χ2n) is 5.94. The Kier molecular flexibility index (Phi) is 4.47. The monoisotopic (exact) mass is 337 g/mol. The van der Waals surface area contributed by atoms with Gasteiger partial charge in [-0.25, -0.2) is 4.98 Å². The zero-order chi connectivity index (χ0) is 18.0. The van der Waals surface area contributed by atoms with Crippen LogP contribution in [0.3, 0.4) is 0 Å². The third kappa shape index (κ3) is 3.35. The van der Waals surface area contributed by atoms with E-state index < -0.39 is 0 Å². The Balaban J connectivity index is 1.86. The first kappa shape index (κ1) is 16.6. The Morgan fingerprint density at radius 2 is 2.00 bits per heavy atom. The lowest BCUT2D eigenvalue weighted by Crippen LogP contribution is -2.24. The molecule has 128 valence electrons. The lowest BCUT2D eigenvalue weighted by atomic mass is 10.1. The number of aryl methyl sites for hydroxylation is 1. The molecule has 1 N–H and O–H groups in total. The number of nitrogens with zero attached hydrogens (tertiary/aromatic N) is 4. The Morgan fingerprint density at radius 3 is 2.76 bits per heavy atom. The zero-order valence-electron chi connectivity index (χ0n) is 14.4. The van der Waals surface area contributed by atoms with Crippen LogP contribution in [0.2, 0.25) is 0 Å². The van der Waals surface area contributed by atoms with Gasteiger partial charge < -0.3 is 14.8 Å². The number of rotatable bonds is 4. The van der Waals surface area contributed by atoms with E-state index in [0.29, 0.717) is 17.9 Å². The van der Waals surface area contributed by atoms with Gasteiger partial charge in [-0.1, -0.05) is 18.2 Å². The number of hydrogen-bond acceptors (Lipinski definition) is 5. The maximum absolute atomic E-state index is 12.5. The molecule has 1 aromatic carbocycles. The minimum Gasteiger partial charge on any atom is -0.364 e. The number of hydrogen-bond donors (Lipinski definition) is 1. The topological polar surface area (TPSA) is 80.1 Å². The Morgan fingerprint density at radius 1 is 1.24 bits per heavy atom. The summed E-state index contributed by atoms with van der Waals surface area (Å²) in [5, 5.41) is 4.06. The molecule has 0 aliphatic rings. The minimum atomic E-state index is -0.224. The maximum atomic E-state index is 12.5. The van der Waals surface area contributed by atoms with Crippen molar-refractivity contribution < 1.29 is 4.79 Å². The van der Waals surface area contributed by atoms with Crippen LogP contribution in [0.5, 0.6) is 0 Å². The van der Waals surface area contributed by atoms with Crippen LogP contribution in [0.25, 0.3) is 10.9 Å². The lowest BCUT2D eigenvalue weighted by Gasteiger charge is -2.12. The van der Waals surface area contributed by atoms with Crippen molar-refractivity contribution >= 4 is 22.6 Å². The van der Waals surface area contributed by atoms with Gasteiger partial charge in [0.15, 0.2) is 0 Å². The molecule has 1 amide bonds. The molecule has 0 aliphatic carbocycles. The predicted octanol–water partition coefficient (Wildman–Crippen LogP) is 1.64. The summed E-state index contributed by atoms with van der Waals surface area (Å²) >= 11 is 0. The van der Waals surface area contributed by atoms with Gasteiger partial charge in [-0.15, -0.1) is 0 Å². The van der Waals surface area contributed by atoms with Crippen LogP contribution >= 0.6 is 0 Å². The van der Waals surface area contributed by atoms with Gasteiger partial charge in [0, 0.05) is 33.3 Å². The van der Waals surface area contributed by atoms with Gasteiger partial charge in [0.05, 0.1) is 17.9 Å². The summed E-state index contributed by atoms with van der Waals surface area (Å²) in [5.74, 6) is 0.223. The summed E-state index contributed by atoms with van der Waals surface area (Å²) in [6, 6.07) is 9.59. The first-order valence-electron chi connectivity index (χ1n) is 7.82. The first-order chi connectivity index (χ1) is 12.0. The molecule has 0 unspecified atom stereocenters. The second kappa shape index (κ2) is 6.72. The van der Waals surface area contributed by atoms with E-state index in [1.165, 1.54) is 17.3 Å². The quantitative estimate of drug-likeness (QED) is 0.783. The zero-order valence-corrected chi connectivity index (χ0v) is 14.4. The van der Waals surface area contributed by atoms with Gasteiger partial charge in [-0.2, -0.15) is 0 Å². The van der Waals surface area contributed by atoms with E-state index in [4.69, 9.17) is 0 Å². The van der Waals surface area contributed by atoms with Crippen LogP contribution in [0.4, 0.5) is 5.82 Å². The molecule has 7 heteroatoms. The number of aromatic nitrogens is 3. The molecule has 2 heterocycles. The van der Waals surface area contributed by atoms with E-state index in [9.17, 15) is 9.59 Å². The molecule has 0 saturated carbocycles. The maximum Gasteiger partial charge on any atom is 0.273 e. The molecule has 3 aromatic rings. The van der Waals surface area contributed by atoms with Crippen LogP contribution in [-0.2, 0) is 13.6 Å². The summed E-state index contributed by atoms with van der Waals surface area (Å²) in [4.78, 5) is 34.2. The fourth-order valence-electron chi connectivity index (χ4n) is 2.59. The third-order valence-corrected chi connectivity index (χ3v) is 3.93. The first-order valence-corrected chi connectivity index (χ1v) is 7.82. The van der Waals surface area contributed by atoms with Crippen LogP contribution in [0.15, 0.2) is 47.5 Å². The van der Waals surface area contributed by atoms with E-state index in [1.807, 2.05) is 30.3 Å². The highest BCUT2D eigenvalue weighted by atomic mass is 16.2. The van der Waals surface area contributed by atoms with Crippen LogP contribution in [0.1, 0.15) is 16.1 Å². The van der Waals surface area contributed by atoms with E-state index in [2.05, 4.69) is 15.3 Å². The lowest BCUT2D eigenvalue weighted by molar-refractivity contribution is 0.0821. The van der Waals surface area contributed by atoms with Gasteiger partial charge in [0.25, 0.3) is 11.5 Å². The molecular weight excluding hydrogens is 318 g/mol. The number of fused-ring (bicyclic) bond motifs is 1. The van der Waals surface area contributed by atoms with Crippen molar-refractivity contribution in [3.05, 3.63) is 64.3 Å². The Bertz CT molecular complexity index is 994. The van der Waals surface area contributed by atoms with Crippen molar-refractivity contribution in [1.82, 2.24) is 19.4 Å². The van der Waals surface area contributed by atoms with Gasteiger partial charge in [0.2, 0.25) is 0 Å². The average molecular weight is 337 g/mol. The van der Waals surface area contributed by atoms with Crippen molar-refractivity contribution in [3.63, 3.8) is 0 Å². The van der Waals surface area contributed by atoms with Crippen molar-refractivity contribution in [2.45, 2.75) is 6.54 Å². The van der Waals surface area contributed by atoms with Gasteiger partial charge in [-0.05, 0) is 17.5 Å². The number of carbonyl (C=O) groups excluding carboxylic acids is 1. The number of anilines is 1. The minimum absolute atomic E-state index is 0.0697. The summed E-state index contributed by atoms with van der Waals surface area (Å²) in [5.41, 5.74) is 1.68. The number of benzene rings is 1. The van der Waals surface area contributed by atoms with Crippen LogP contribution in [0, 0.1) is 0 Å². The number of pyridine rings is 1. The van der Waals surface area contributed by atoms with Crippen LogP contribution < -0.4 is 10.9 Å². The summed E-state index contributed by atoms with van der Waals surface area (Å²) in [6.45, 7) is 0.297. The van der Waals surface area contributed by atoms with Crippen molar-refractivity contribution in [1.29, 1.82) is 0 Å². The summed E-state index contributed by atoms with van der Waals surface area (Å²) < 4.78 is 1.63. The van der Waals surface area contributed by atoms with Gasteiger partial charge in [-0.3, -0.25) is 14.6 Å². The molecular formula is C18H19N5O2. The molecule has 0 spiro atoms. The molecule has 0 aliphatic heterocycles. The highest BCUT2D eigenvalue weighted by molar-refractivity contribution is 5.91. The smallest absolute Gasteiger partial charge is 0.273 e. The number of amides is 1. The van der Waals surface area contributed by atoms with E-state index in [-0.39, 0.29) is 17.2 Å². The van der Waals surface area contributed by atoms with E-state index >= 15 is 0 Å². The SMILES string of the molecule is CN(C)C(=O)c1cncc(NCc2cc3ccccc3n(C)c2=O)n1. The van der Waals surface area contributed by atoms with Gasteiger partial charge >= 0.3 is 0 Å². The Labute approximate surface area is 144 Å². The number of nitrogens with one attached hydrogen (secondary N) is 1. The highest BCUT2D eigenvalue weighted by Gasteiger charge is 2.11. The van der Waals surface area contributed by atoms with Crippen molar-refractivity contribution in [2.24, 2.45) is 7.05 Å². The molecule has 0 radical (unpaired) electrons. The fraction of sp³-hybridized carbons (Fsp3) is 0.222. The molecule has 0 saturated heterocycles. The average Bonchev–Trinajstić information content (AvgIpc) is 2.63. The van der Waals surface area contributed by atoms with Crippen molar-refractivity contribution in [3.8, 4) is 0 Å². The molecule has 3 rings (SSSR count). The normalized spacial score (nSPS) is 10.7. The van der Waals surface area contributed by atoms with E-state index in [0.717, 1.165) is 10.9 Å². The molecule has 0 bridgehead atoms. The van der Waals surface area contributed by atoms with Crippen molar-refractivity contribution in [2.75, 3.05) is 19.4 Å². The second-order valence-corrected chi connectivity index (χ2v) is 5.94. The predicted molar refractivity (Wildman–Crippen MR) is 96.6 cm³/mol. The van der Waals surface area contributed by atoms with E-state index in [1.54, 1.807) is 25.7 Å². The number of carbonyl (C=O) groups is 1. The summed E-state index contributed by atoms with van der Waals surface area (Å²) in [6.07, 6.45) is 2.94. The third-order valence-electron chi connectivity index (χ3n) is 3.93. The molecule has 2 aromatic heterocycles. The fourth-order valence-corrected chi connectivity index (χ4v) is 2.59. The highest BCUT2D eigenvalue weighted by Crippen LogP contribution is 2.13. The molecule has 0 atom stereocenters. The van der Waals surface area contributed by atoms with Crippen LogP contribution in [-0.4, -0.2) is 39.4 Å². The number of para-hydroxylation sites is 1. The summed E-state index contributed by atoms with van der Waals surface area (Å²) in [7, 11) is 5.07. The molecule has 0 fully saturated rings. The molecule has 25 heavy (non-hydrogen) atoms. The van der Waals surface area contributed by atoms with Gasteiger partial charge in [0.1, 0.15) is 11.5 Å². The standard InChI is InChI=1S/C18H19N5O2/c1-22(2)18(25)14-10-19-11-16(21-14)20-9-13-8-12-6-4-5-7-15(12)23(3)17(13)24/h4-8,10-11H,9H2,1-3H3,(H,20,21).